The Morgan fingerprint density at radius 3 is 2.36 bits per heavy atom. The molecule has 10 nitrogen and oxygen atoms in total. The minimum Gasteiger partial charge on any atom is -0.490 e. The predicted octanol–water partition coefficient (Wildman–Crippen LogP) is 4.89. The first-order valence-corrected chi connectivity index (χ1v) is 11.8. The van der Waals surface area contributed by atoms with Crippen LogP contribution in [-0.2, 0) is 13.2 Å². The molecule has 1 saturated carbocycles. The molecule has 5 rings (SSSR count). The zero-order valence-corrected chi connectivity index (χ0v) is 21.1. The van der Waals surface area contributed by atoms with Crippen LogP contribution in [0.5, 0.6) is 17.5 Å². The summed E-state index contributed by atoms with van der Waals surface area (Å²) in [5, 5.41) is 9.88. The number of hydrogen-bond donors (Lipinski definition) is 0. The van der Waals surface area contributed by atoms with Crippen molar-refractivity contribution in [1.82, 2.24) is 29.5 Å². The van der Waals surface area contributed by atoms with Crippen LogP contribution in [0.2, 0.25) is 0 Å². The lowest BCUT2D eigenvalue weighted by Crippen LogP contribution is -2.09. The number of rotatable bonds is 8. The highest BCUT2D eigenvalue weighted by molar-refractivity contribution is 5.66. The smallest absolute Gasteiger partial charge is 0.434 e. The largest absolute Gasteiger partial charge is 0.490 e. The van der Waals surface area contributed by atoms with E-state index >= 15 is 0 Å². The maximum Gasteiger partial charge on any atom is 0.434 e. The van der Waals surface area contributed by atoms with E-state index < -0.39 is 18.0 Å². The third-order valence-corrected chi connectivity index (χ3v) is 6.15. The van der Waals surface area contributed by atoms with Gasteiger partial charge in [0, 0.05) is 30.3 Å². The second-order valence-corrected chi connectivity index (χ2v) is 8.79. The summed E-state index contributed by atoms with van der Waals surface area (Å²) in [7, 11) is 4.39. The van der Waals surface area contributed by atoms with E-state index in [0.717, 1.165) is 24.7 Å². The number of ether oxygens (including phenoxy) is 3. The predicted molar refractivity (Wildman–Crippen MR) is 131 cm³/mol. The summed E-state index contributed by atoms with van der Waals surface area (Å²) < 4.78 is 57.2. The fraction of sp³-hybridized carbons (Fsp3) is 0.308. The summed E-state index contributed by atoms with van der Waals surface area (Å²) in [6.07, 6.45) is 0.0771. The molecule has 3 heterocycles. The second kappa shape index (κ2) is 10.2. The van der Waals surface area contributed by atoms with Crippen LogP contribution in [0.3, 0.4) is 0 Å². The van der Waals surface area contributed by atoms with Crippen molar-refractivity contribution in [2.24, 2.45) is 7.05 Å². The van der Waals surface area contributed by atoms with E-state index in [9.17, 15) is 18.4 Å². The van der Waals surface area contributed by atoms with Crippen molar-refractivity contribution in [2.45, 2.75) is 31.0 Å². The zero-order chi connectivity index (χ0) is 27.7. The number of alkyl halides is 3. The van der Waals surface area contributed by atoms with Gasteiger partial charge < -0.3 is 18.8 Å². The van der Waals surface area contributed by atoms with E-state index in [2.05, 4.69) is 31.0 Å². The summed E-state index contributed by atoms with van der Waals surface area (Å²) >= 11 is 0. The van der Waals surface area contributed by atoms with Gasteiger partial charge in [-0.15, -0.1) is 0 Å². The van der Waals surface area contributed by atoms with Gasteiger partial charge in [0.05, 0.1) is 26.1 Å². The number of methoxy groups -OCH3 is 2. The molecule has 0 spiro atoms. The van der Waals surface area contributed by atoms with E-state index in [0.29, 0.717) is 22.6 Å². The number of hydrogen-bond acceptors (Lipinski definition) is 9. The van der Waals surface area contributed by atoms with Gasteiger partial charge in [-0.1, -0.05) is 24.3 Å². The van der Waals surface area contributed by atoms with Gasteiger partial charge >= 0.3 is 6.18 Å². The summed E-state index contributed by atoms with van der Waals surface area (Å²) in [5.74, 6) is 1.18. The van der Waals surface area contributed by atoms with Crippen molar-refractivity contribution >= 4 is 0 Å². The molecule has 1 unspecified atom stereocenters. The average Bonchev–Trinajstić information content (AvgIpc) is 3.71. The average molecular weight is 538 g/mol. The Bertz CT molecular complexity index is 1540. The lowest BCUT2D eigenvalue weighted by Gasteiger charge is -2.16. The van der Waals surface area contributed by atoms with Crippen LogP contribution < -0.4 is 14.2 Å². The number of nitriles is 1. The number of imidazole rings is 1. The maximum atomic E-state index is 13.1. The van der Waals surface area contributed by atoms with Crippen LogP contribution in [0.25, 0.3) is 22.8 Å². The van der Waals surface area contributed by atoms with Crippen molar-refractivity contribution < 1.29 is 27.4 Å². The highest BCUT2D eigenvalue weighted by atomic mass is 19.4. The zero-order valence-electron chi connectivity index (χ0n) is 21.1. The van der Waals surface area contributed by atoms with Gasteiger partial charge in [0.1, 0.15) is 23.8 Å². The number of halogens is 3. The molecular formula is C26H22F3N7O3. The van der Waals surface area contributed by atoms with Gasteiger partial charge in [0.15, 0.2) is 17.3 Å². The summed E-state index contributed by atoms with van der Waals surface area (Å²) in [4.78, 5) is 21.2. The summed E-state index contributed by atoms with van der Waals surface area (Å²) in [6.45, 7) is 0. The fourth-order valence-electron chi connectivity index (χ4n) is 4.07. The van der Waals surface area contributed by atoms with Crippen LogP contribution >= 0.6 is 0 Å². The Morgan fingerprint density at radius 1 is 1.03 bits per heavy atom. The molecule has 0 N–H and O–H groups in total. The SMILES string of the molecule is COc1cnc(-c2c(OC)ncnc2C2CC2)nc1OC(C#N)c1ccc(-c2nc(C(F)(F)F)cn2C)cc1. The molecule has 0 aliphatic heterocycles. The Morgan fingerprint density at radius 2 is 1.77 bits per heavy atom. The van der Waals surface area contributed by atoms with Crippen LogP contribution in [0.4, 0.5) is 13.2 Å². The molecular weight excluding hydrogens is 515 g/mol. The number of benzene rings is 1. The quantitative estimate of drug-likeness (QED) is 0.309. The lowest BCUT2D eigenvalue weighted by molar-refractivity contribution is -0.140. The monoisotopic (exact) mass is 537 g/mol. The molecule has 0 bridgehead atoms. The molecule has 200 valence electrons. The van der Waals surface area contributed by atoms with E-state index in [-0.39, 0.29) is 29.2 Å². The van der Waals surface area contributed by atoms with Gasteiger partial charge in [-0.3, -0.25) is 0 Å². The number of aryl methyl sites for hydroxylation is 1. The summed E-state index contributed by atoms with van der Waals surface area (Å²) in [6, 6.07) is 8.39. The Labute approximate surface area is 221 Å². The van der Waals surface area contributed by atoms with Gasteiger partial charge in [0.25, 0.3) is 5.88 Å². The van der Waals surface area contributed by atoms with E-state index in [1.54, 1.807) is 24.3 Å². The molecule has 13 heteroatoms. The van der Waals surface area contributed by atoms with Gasteiger partial charge in [-0.05, 0) is 12.8 Å². The molecule has 39 heavy (non-hydrogen) atoms. The lowest BCUT2D eigenvalue weighted by atomic mass is 10.1. The van der Waals surface area contributed by atoms with Crippen molar-refractivity contribution in [3.63, 3.8) is 0 Å². The Hall–Kier alpha value is -4.73. The molecule has 1 aromatic carbocycles. The standard InChI is InChI=1S/C26H22F3N7O3/c1-36-12-19(26(27,28)29)34-23(36)16-8-4-14(5-9-16)17(10-30)39-24-18(37-2)11-31-22(35-24)20-21(15-6-7-15)32-13-33-25(20)38-3/h4-5,8-9,11-13,15,17H,6-7H2,1-3H3. The third kappa shape index (κ3) is 5.18. The fourth-order valence-corrected chi connectivity index (χ4v) is 4.07. The van der Waals surface area contributed by atoms with Gasteiger partial charge in [0.2, 0.25) is 12.0 Å². The molecule has 3 aromatic heterocycles. The second-order valence-electron chi connectivity index (χ2n) is 8.79. The number of nitrogens with zero attached hydrogens (tertiary/aromatic N) is 7. The third-order valence-electron chi connectivity index (χ3n) is 6.15. The molecule has 1 fully saturated rings. The first-order chi connectivity index (χ1) is 18.7. The molecule has 1 atom stereocenters. The maximum absolute atomic E-state index is 13.1. The topological polar surface area (TPSA) is 121 Å². The minimum absolute atomic E-state index is 0.0182. The van der Waals surface area contributed by atoms with Crippen molar-refractivity contribution in [3.05, 3.63) is 59.9 Å². The minimum atomic E-state index is -4.56. The van der Waals surface area contributed by atoms with Crippen LogP contribution in [0.1, 0.15) is 41.8 Å². The molecule has 0 saturated heterocycles. The normalized spacial score (nSPS) is 14.0. The highest BCUT2D eigenvalue weighted by Crippen LogP contribution is 2.45. The first-order valence-electron chi connectivity index (χ1n) is 11.8. The van der Waals surface area contributed by atoms with Gasteiger partial charge in [-0.2, -0.15) is 23.4 Å². The van der Waals surface area contributed by atoms with E-state index in [1.807, 2.05) is 0 Å². The van der Waals surface area contributed by atoms with Crippen molar-refractivity contribution in [1.29, 1.82) is 5.26 Å². The van der Waals surface area contributed by atoms with E-state index in [4.69, 9.17) is 14.2 Å². The van der Waals surface area contributed by atoms with Crippen molar-refractivity contribution in [3.8, 4) is 46.4 Å². The molecule has 1 aliphatic carbocycles. The molecule has 4 aromatic rings. The first kappa shape index (κ1) is 25.9. The molecule has 0 radical (unpaired) electrons. The molecule has 0 amide bonds. The van der Waals surface area contributed by atoms with Gasteiger partial charge in [-0.25, -0.2) is 19.9 Å². The highest BCUT2D eigenvalue weighted by Gasteiger charge is 2.35. The van der Waals surface area contributed by atoms with Crippen molar-refractivity contribution in [2.75, 3.05) is 14.2 Å². The van der Waals surface area contributed by atoms with E-state index in [1.165, 1.54) is 38.4 Å². The Balaban J connectivity index is 1.45. The van der Waals surface area contributed by atoms with Crippen LogP contribution in [0, 0.1) is 11.3 Å². The summed E-state index contributed by atoms with van der Waals surface area (Å²) in [5.41, 5.74) is 1.22. The number of aromatic nitrogens is 6. The van der Waals surface area contributed by atoms with Crippen LogP contribution in [-0.4, -0.2) is 43.7 Å². The Kier molecular flexibility index (Phi) is 6.78. The molecule has 1 aliphatic rings. The van der Waals surface area contributed by atoms with Crippen LogP contribution in [0.15, 0.2) is 43.0 Å².